The maximum absolute atomic E-state index is 4.49. The quantitative estimate of drug-likeness (QED) is 0.629. The number of allylic oxidation sites excluding steroid dienone is 1. The number of aromatic nitrogens is 2. The van der Waals surface area contributed by atoms with Crippen molar-refractivity contribution in [2.24, 2.45) is 0 Å². The molecule has 3 nitrogen and oxygen atoms in total. The molecule has 1 aromatic rings. The Bertz CT molecular complexity index is 422. The van der Waals surface area contributed by atoms with Gasteiger partial charge in [0.15, 0.2) is 0 Å². The van der Waals surface area contributed by atoms with Crippen molar-refractivity contribution in [2.45, 2.75) is 66.5 Å². The topological polar surface area (TPSA) is 29.9 Å². The Hall–Kier alpha value is -1.09. The van der Waals surface area contributed by atoms with Crippen LogP contribution in [-0.2, 0) is 13.0 Å². The van der Waals surface area contributed by atoms with Crippen LogP contribution in [0.3, 0.4) is 0 Å². The Kier molecular flexibility index (Phi) is 5.80. The van der Waals surface area contributed by atoms with E-state index in [4.69, 9.17) is 0 Å². The van der Waals surface area contributed by atoms with Gasteiger partial charge in [-0.05, 0) is 60.6 Å². The number of nitrogens with one attached hydrogen (secondary N) is 1. The van der Waals surface area contributed by atoms with Crippen molar-refractivity contribution in [1.82, 2.24) is 15.1 Å². The average Bonchev–Trinajstić information content (AvgIpc) is 2.63. The van der Waals surface area contributed by atoms with E-state index >= 15 is 0 Å². The SMILES string of the molecule is CCn1nc(C)cc1CC(C)=CCCNC(C)(C)C. The van der Waals surface area contributed by atoms with Gasteiger partial charge in [-0.25, -0.2) is 0 Å². The molecule has 0 fully saturated rings. The van der Waals surface area contributed by atoms with Crippen molar-refractivity contribution < 1.29 is 0 Å². The lowest BCUT2D eigenvalue weighted by Crippen LogP contribution is -2.36. The molecule has 0 amide bonds. The van der Waals surface area contributed by atoms with Crippen LogP contribution >= 0.6 is 0 Å². The summed E-state index contributed by atoms with van der Waals surface area (Å²) in [5, 5.41) is 7.99. The third-order valence-electron chi connectivity index (χ3n) is 3.04. The van der Waals surface area contributed by atoms with Gasteiger partial charge in [0.05, 0.1) is 5.69 Å². The molecule has 0 aliphatic carbocycles. The lowest BCUT2D eigenvalue weighted by Gasteiger charge is -2.19. The molecule has 0 atom stereocenters. The van der Waals surface area contributed by atoms with E-state index in [0.29, 0.717) is 0 Å². The molecule has 108 valence electrons. The number of hydrogen-bond acceptors (Lipinski definition) is 2. The summed E-state index contributed by atoms with van der Waals surface area (Å²) in [5.41, 5.74) is 4.06. The Balaban J connectivity index is 2.47. The van der Waals surface area contributed by atoms with Crippen LogP contribution in [0.4, 0.5) is 0 Å². The standard InChI is InChI=1S/C16H29N3/c1-7-19-15(12-14(3)18-19)11-13(2)9-8-10-17-16(4,5)6/h9,12,17H,7-8,10-11H2,1-6H3. The summed E-state index contributed by atoms with van der Waals surface area (Å²) in [6, 6.07) is 2.19. The van der Waals surface area contributed by atoms with Crippen LogP contribution in [0, 0.1) is 6.92 Å². The fraction of sp³-hybridized carbons (Fsp3) is 0.688. The predicted molar refractivity (Wildman–Crippen MR) is 82.5 cm³/mol. The van der Waals surface area contributed by atoms with Crippen molar-refractivity contribution in [2.75, 3.05) is 6.54 Å². The second-order valence-corrected chi connectivity index (χ2v) is 6.29. The van der Waals surface area contributed by atoms with Crippen LogP contribution in [0.25, 0.3) is 0 Å². The van der Waals surface area contributed by atoms with Gasteiger partial charge in [0.1, 0.15) is 0 Å². The molecule has 0 aromatic carbocycles. The van der Waals surface area contributed by atoms with Crippen molar-refractivity contribution in [3.8, 4) is 0 Å². The normalized spacial score (nSPS) is 13.1. The molecule has 1 aromatic heterocycles. The lowest BCUT2D eigenvalue weighted by atomic mass is 10.1. The molecule has 0 saturated heterocycles. The minimum absolute atomic E-state index is 0.208. The summed E-state index contributed by atoms with van der Waals surface area (Å²) in [6.07, 6.45) is 4.42. The van der Waals surface area contributed by atoms with Gasteiger partial charge in [0.2, 0.25) is 0 Å². The zero-order chi connectivity index (χ0) is 14.5. The van der Waals surface area contributed by atoms with E-state index in [9.17, 15) is 0 Å². The second-order valence-electron chi connectivity index (χ2n) is 6.29. The van der Waals surface area contributed by atoms with Crippen LogP contribution in [0.15, 0.2) is 17.7 Å². The zero-order valence-electron chi connectivity index (χ0n) is 13.4. The molecule has 1 N–H and O–H groups in total. The van der Waals surface area contributed by atoms with E-state index in [-0.39, 0.29) is 5.54 Å². The first kappa shape index (κ1) is 16.0. The first-order valence-electron chi connectivity index (χ1n) is 7.26. The Morgan fingerprint density at radius 2 is 2.11 bits per heavy atom. The van der Waals surface area contributed by atoms with Crippen LogP contribution in [0.5, 0.6) is 0 Å². The summed E-state index contributed by atoms with van der Waals surface area (Å²) in [7, 11) is 0. The van der Waals surface area contributed by atoms with Gasteiger partial charge in [0.25, 0.3) is 0 Å². The summed E-state index contributed by atoms with van der Waals surface area (Å²) < 4.78 is 2.10. The summed E-state index contributed by atoms with van der Waals surface area (Å²) in [6.45, 7) is 15.0. The fourth-order valence-electron chi connectivity index (χ4n) is 2.14. The highest BCUT2D eigenvalue weighted by Gasteiger charge is 2.07. The van der Waals surface area contributed by atoms with Crippen molar-refractivity contribution in [3.05, 3.63) is 29.1 Å². The number of hydrogen-bond donors (Lipinski definition) is 1. The van der Waals surface area contributed by atoms with E-state index < -0.39 is 0 Å². The third kappa shape index (κ3) is 6.06. The molecule has 0 aliphatic rings. The largest absolute Gasteiger partial charge is 0.312 e. The molecule has 0 unspecified atom stereocenters. The maximum Gasteiger partial charge on any atom is 0.0596 e. The van der Waals surface area contributed by atoms with Gasteiger partial charge in [-0.15, -0.1) is 0 Å². The molecule has 0 spiro atoms. The number of rotatable bonds is 6. The number of aryl methyl sites for hydroxylation is 2. The first-order chi connectivity index (χ1) is 8.81. The molecule has 1 rings (SSSR count). The Morgan fingerprint density at radius 1 is 1.42 bits per heavy atom. The van der Waals surface area contributed by atoms with Crippen LogP contribution < -0.4 is 5.32 Å². The molecule has 0 aliphatic heterocycles. The molecule has 0 saturated carbocycles. The molecule has 3 heteroatoms. The summed E-state index contributed by atoms with van der Waals surface area (Å²) in [4.78, 5) is 0. The number of nitrogens with zero attached hydrogens (tertiary/aromatic N) is 2. The highest BCUT2D eigenvalue weighted by Crippen LogP contribution is 2.10. The molecule has 0 bridgehead atoms. The summed E-state index contributed by atoms with van der Waals surface area (Å²) >= 11 is 0. The Morgan fingerprint density at radius 3 is 2.68 bits per heavy atom. The molecule has 19 heavy (non-hydrogen) atoms. The van der Waals surface area contributed by atoms with E-state index in [1.807, 2.05) is 0 Å². The van der Waals surface area contributed by atoms with Crippen molar-refractivity contribution in [1.29, 1.82) is 0 Å². The highest BCUT2D eigenvalue weighted by molar-refractivity contribution is 5.16. The van der Waals surface area contributed by atoms with Crippen molar-refractivity contribution in [3.63, 3.8) is 0 Å². The van der Waals surface area contributed by atoms with Gasteiger partial charge in [-0.3, -0.25) is 4.68 Å². The lowest BCUT2D eigenvalue weighted by molar-refractivity contribution is 0.431. The third-order valence-corrected chi connectivity index (χ3v) is 3.04. The van der Waals surface area contributed by atoms with Gasteiger partial charge < -0.3 is 5.32 Å². The van der Waals surface area contributed by atoms with Crippen LogP contribution in [0.1, 0.15) is 52.4 Å². The monoisotopic (exact) mass is 263 g/mol. The minimum atomic E-state index is 0.208. The van der Waals surface area contributed by atoms with E-state index in [0.717, 1.165) is 31.6 Å². The molecule has 0 radical (unpaired) electrons. The van der Waals surface area contributed by atoms with Gasteiger partial charge in [0, 0.05) is 24.2 Å². The zero-order valence-corrected chi connectivity index (χ0v) is 13.4. The summed E-state index contributed by atoms with van der Waals surface area (Å²) in [5.74, 6) is 0. The fourth-order valence-corrected chi connectivity index (χ4v) is 2.14. The minimum Gasteiger partial charge on any atom is -0.312 e. The van der Waals surface area contributed by atoms with Gasteiger partial charge >= 0.3 is 0 Å². The van der Waals surface area contributed by atoms with Crippen molar-refractivity contribution >= 4 is 0 Å². The van der Waals surface area contributed by atoms with Crippen LogP contribution in [-0.4, -0.2) is 21.9 Å². The highest BCUT2D eigenvalue weighted by atomic mass is 15.3. The first-order valence-corrected chi connectivity index (χ1v) is 7.26. The smallest absolute Gasteiger partial charge is 0.0596 e. The van der Waals surface area contributed by atoms with E-state index in [1.165, 1.54) is 11.3 Å². The molecular formula is C16H29N3. The van der Waals surface area contributed by atoms with E-state index in [1.54, 1.807) is 0 Å². The molecular weight excluding hydrogens is 234 g/mol. The van der Waals surface area contributed by atoms with Gasteiger partial charge in [-0.1, -0.05) is 11.6 Å². The maximum atomic E-state index is 4.49. The predicted octanol–water partition coefficient (Wildman–Crippen LogP) is 3.48. The van der Waals surface area contributed by atoms with Gasteiger partial charge in [-0.2, -0.15) is 5.10 Å². The Labute approximate surface area is 118 Å². The molecule has 1 heterocycles. The second kappa shape index (κ2) is 6.90. The average molecular weight is 263 g/mol. The van der Waals surface area contributed by atoms with E-state index in [2.05, 4.69) is 68.8 Å². The van der Waals surface area contributed by atoms with Crippen LogP contribution in [0.2, 0.25) is 0 Å².